The van der Waals surface area contributed by atoms with Crippen LogP contribution in [0.15, 0.2) is 18.3 Å². The molecule has 1 saturated carbocycles. The molecule has 0 bridgehead atoms. The van der Waals surface area contributed by atoms with E-state index in [2.05, 4.69) is 55.0 Å². The van der Waals surface area contributed by atoms with Gasteiger partial charge in [0.1, 0.15) is 0 Å². The summed E-state index contributed by atoms with van der Waals surface area (Å²) >= 11 is 0. The van der Waals surface area contributed by atoms with E-state index in [9.17, 15) is 0 Å². The molecule has 1 fully saturated rings. The number of hydrogen-bond donors (Lipinski definition) is 1. The molecule has 0 unspecified atom stereocenters. The largest absolute Gasteiger partial charge is 0.308 e. The second-order valence-electron chi connectivity index (χ2n) is 7.03. The molecule has 3 heteroatoms. The number of rotatable bonds is 7. The van der Waals surface area contributed by atoms with Crippen molar-refractivity contribution in [3.05, 3.63) is 29.6 Å². The first-order valence-electron chi connectivity index (χ1n) is 7.87. The van der Waals surface area contributed by atoms with Crippen LogP contribution in [0.5, 0.6) is 0 Å². The number of hydrogen-bond acceptors (Lipinski definition) is 3. The zero-order valence-electron chi connectivity index (χ0n) is 13.4. The normalized spacial score (nSPS) is 15.8. The first-order chi connectivity index (χ1) is 9.46. The minimum atomic E-state index is 0.155. The maximum atomic E-state index is 4.61. The third kappa shape index (κ3) is 5.59. The van der Waals surface area contributed by atoms with Gasteiger partial charge in [-0.1, -0.05) is 13.0 Å². The van der Waals surface area contributed by atoms with Crippen LogP contribution in [0.4, 0.5) is 0 Å². The molecule has 0 aliphatic heterocycles. The van der Waals surface area contributed by atoms with E-state index in [1.165, 1.54) is 30.6 Å². The van der Waals surface area contributed by atoms with Gasteiger partial charge in [-0.05, 0) is 57.7 Å². The fourth-order valence-corrected chi connectivity index (χ4v) is 2.22. The minimum absolute atomic E-state index is 0.155. The zero-order chi connectivity index (χ0) is 14.6. The van der Waals surface area contributed by atoms with Crippen LogP contribution in [0.3, 0.4) is 0 Å². The van der Waals surface area contributed by atoms with Crippen molar-refractivity contribution >= 4 is 0 Å². The van der Waals surface area contributed by atoms with Gasteiger partial charge in [0, 0.05) is 31.4 Å². The van der Waals surface area contributed by atoms with Crippen molar-refractivity contribution in [3.8, 4) is 0 Å². The van der Waals surface area contributed by atoms with Gasteiger partial charge in [0.25, 0.3) is 0 Å². The predicted molar refractivity (Wildman–Crippen MR) is 84.5 cm³/mol. The summed E-state index contributed by atoms with van der Waals surface area (Å²) in [6.07, 6.45) is 4.85. The Morgan fingerprint density at radius 3 is 2.55 bits per heavy atom. The van der Waals surface area contributed by atoms with Crippen molar-refractivity contribution in [1.29, 1.82) is 0 Å². The summed E-state index contributed by atoms with van der Waals surface area (Å²) in [4.78, 5) is 7.12. The molecule has 1 aromatic heterocycles. The predicted octanol–water partition coefficient (Wildman–Crippen LogP) is 3.20. The molecule has 0 saturated heterocycles. The standard InChI is InChI=1S/C17H29N3/c1-5-20(12-14-6-7-14)13-16-9-8-15(10-18-16)11-19-17(2,3)4/h8-10,14,19H,5-7,11-13H2,1-4H3. The van der Waals surface area contributed by atoms with Gasteiger partial charge in [-0.2, -0.15) is 0 Å². The quantitative estimate of drug-likeness (QED) is 0.828. The van der Waals surface area contributed by atoms with E-state index in [1.54, 1.807) is 0 Å². The summed E-state index contributed by atoms with van der Waals surface area (Å²) in [6.45, 7) is 13.0. The van der Waals surface area contributed by atoms with Crippen LogP contribution in [0.2, 0.25) is 0 Å². The number of nitrogens with one attached hydrogen (secondary N) is 1. The molecule has 0 aromatic carbocycles. The summed E-state index contributed by atoms with van der Waals surface area (Å²) in [5.74, 6) is 0.949. The lowest BCUT2D eigenvalue weighted by Crippen LogP contribution is -2.35. The van der Waals surface area contributed by atoms with Crippen molar-refractivity contribution in [2.24, 2.45) is 5.92 Å². The second kappa shape index (κ2) is 6.68. The van der Waals surface area contributed by atoms with E-state index in [0.717, 1.165) is 25.6 Å². The lowest BCUT2D eigenvalue weighted by molar-refractivity contribution is 0.265. The average Bonchev–Trinajstić information content (AvgIpc) is 3.20. The molecule has 1 aliphatic carbocycles. The maximum absolute atomic E-state index is 4.61. The highest BCUT2D eigenvalue weighted by atomic mass is 15.1. The highest BCUT2D eigenvalue weighted by Gasteiger charge is 2.23. The van der Waals surface area contributed by atoms with Gasteiger partial charge in [0.05, 0.1) is 5.69 Å². The van der Waals surface area contributed by atoms with Crippen LogP contribution in [0, 0.1) is 5.92 Å². The van der Waals surface area contributed by atoms with Crippen LogP contribution >= 0.6 is 0 Å². The third-order valence-corrected chi connectivity index (χ3v) is 3.75. The van der Waals surface area contributed by atoms with E-state index in [4.69, 9.17) is 0 Å². The monoisotopic (exact) mass is 275 g/mol. The van der Waals surface area contributed by atoms with Gasteiger partial charge in [0.15, 0.2) is 0 Å². The second-order valence-corrected chi connectivity index (χ2v) is 7.03. The van der Waals surface area contributed by atoms with E-state index in [-0.39, 0.29) is 5.54 Å². The smallest absolute Gasteiger partial charge is 0.0544 e. The van der Waals surface area contributed by atoms with Crippen LogP contribution in [-0.4, -0.2) is 28.5 Å². The molecule has 0 radical (unpaired) electrons. The van der Waals surface area contributed by atoms with Crippen molar-refractivity contribution in [2.45, 2.75) is 59.2 Å². The Kier molecular flexibility index (Phi) is 5.17. The minimum Gasteiger partial charge on any atom is -0.308 e. The lowest BCUT2D eigenvalue weighted by Gasteiger charge is -2.21. The Bertz CT molecular complexity index is 401. The molecule has 0 spiro atoms. The fourth-order valence-electron chi connectivity index (χ4n) is 2.22. The first kappa shape index (κ1) is 15.5. The summed E-state index contributed by atoms with van der Waals surface area (Å²) in [5, 5.41) is 3.49. The number of pyridine rings is 1. The Morgan fingerprint density at radius 1 is 1.30 bits per heavy atom. The SMILES string of the molecule is CCN(Cc1ccc(CNC(C)(C)C)cn1)CC1CC1. The van der Waals surface area contributed by atoms with Crippen molar-refractivity contribution in [2.75, 3.05) is 13.1 Å². The van der Waals surface area contributed by atoms with Crippen LogP contribution in [0.25, 0.3) is 0 Å². The van der Waals surface area contributed by atoms with Crippen LogP contribution < -0.4 is 5.32 Å². The zero-order valence-corrected chi connectivity index (χ0v) is 13.4. The summed E-state index contributed by atoms with van der Waals surface area (Å²) in [6, 6.07) is 4.38. The number of nitrogens with zero attached hydrogens (tertiary/aromatic N) is 2. The third-order valence-electron chi connectivity index (χ3n) is 3.75. The molecule has 0 atom stereocenters. The summed E-state index contributed by atoms with van der Waals surface area (Å²) in [7, 11) is 0. The molecule has 3 nitrogen and oxygen atoms in total. The van der Waals surface area contributed by atoms with Gasteiger partial charge < -0.3 is 5.32 Å². The lowest BCUT2D eigenvalue weighted by atomic mass is 10.1. The van der Waals surface area contributed by atoms with Gasteiger partial charge in [-0.15, -0.1) is 0 Å². The Labute approximate surface area is 123 Å². The van der Waals surface area contributed by atoms with Crippen molar-refractivity contribution < 1.29 is 0 Å². The first-order valence-corrected chi connectivity index (χ1v) is 7.87. The molecule has 1 heterocycles. The molecule has 112 valence electrons. The maximum Gasteiger partial charge on any atom is 0.0544 e. The molecule has 1 aliphatic rings. The van der Waals surface area contributed by atoms with E-state index in [1.807, 2.05) is 6.20 Å². The van der Waals surface area contributed by atoms with Crippen molar-refractivity contribution in [3.63, 3.8) is 0 Å². The van der Waals surface area contributed by atoms with Crippen molar-refractivity contribution in [1.82, 2.24) is 15.2 Å². The van der Waals surface area contributed by atoms with Gasteiger partial charge in [0.2, 0.25) is 0 Å². The highest BCUT2D eigenvalue weighted by Crippen LogP contribution is 2.29. The highest BCUT2D eigenvalue weighted by molar-refractivity contribution is 5.14. The summed E-state index contributed by atoms with van der Waals surface area (Å²) in [5.41, 5.74) is 2.60. The van der Waals surface area contributed by atoms with Crippen LogP contribution in [0.1, 0.15) is 51.8 Å². The molecule has 20 heavy (non-hydrogen) atoms. The number of aromatic nitrogens is 1. The Morgan fingerprint density at radius 2 is 2.05 bits per heavy atom. The molecule has 1 N–H and O–H groups in total. The molecule has 1 aromatic rings. The Hall–Kier alpha value is -0.930. The van der Waals surface area contributed by atoms with Gasteiger partial charge in [-0.3, -0.25) is 9.88 Å². The molecule has 2 rings (SSSR count). The van der Waals surface area contributed by atoms with Crippen LogP contribution in [-0.2, 0) is 13.1 Å². The van der Waals surface area contributed by atoms with E-state index in [0.29, 0.717) is 0 Å². The summed E-state index contributed by atoms with van der Waals surface area (Å²) < 4.78 is 0. The fraction of sp³-hybridized carbons (Fsp3) is 0.706. The molecular formula is C17H29N3. The Balaban J connectivity index is 1.83. The molecule has 0 amide bonds. The van der Waals surface area contributed by atoms with Gasteiger partial charge >= 0.3 is 0 Å². The average molecular weight is 275 g/mol. The molecular weight excluding hydrogens is 246 g/mol. The topological polar surface area (TPSA) is 28.2 Å². The van der Waals surface area contributed by atoms with Gasteiger partial charge in [-0.25, -0.2) is 0 Å². The van der Waals surface area contributed by atoms with E-state index >= 15 is 0 Å². The van der Waals surface area contributed by atoms with E-state index < -0.39 is 0 Å².